The predicted octanol–water partition coefficient (Wildman–Crippen LogP) is 0.283. The van der Waals surface area contributed by atoms with Crippen LogP contribution in [0.1, 0.15) is 13.8 Å². The Hall–Kier alpha value is -0.680. The van der Waals surface area contributed by atoms with Gasteiger partial charge in [-0.05, 0) is 13.8 Å². The highest BCUT2D eigenvalue weighted by molar-refractivity contribution is 4.81. The van der Waals surface area contributed by atoms with Gasteiger partial charge >= 0.3 is 0 Å². The first-order valence-corrected chi connectivity index (χ1v) is 3.60. The molecule has 0 unspecified atom stereocenters. The Bertz CT molecular complexity index is 149. The third-order valence-electron chi connectivity index (χ3n) is 1.81. The predicted molar refractivity (Wildman–Crippen MR) is 40.5 cm³/mol. The maximum Gasteiger partial charge on any atom is 0.0664 e. The molecular formula is C6H13N3O2. The Kier molecular flexibility index (Phi) is 2.41. The average Bonchev–Trinajstić information content (AvgIpc) is 1.94. The van der Waals surface area contributed by atoms with Crippen molar-refractivity contribution in [2.24, 2.45) is 5.29 Å². The van der Waals surface area contributed by atoms with Crippen LogP contribution in [-0.4, -0.2) is 30.3 Å². The number of hydrogen-bond donors (Lipinski definition) is 1. The van der Waals surface area contributed by atoms with Crippen LogP contribution < -0.4 is 5.53 Å². The van der Waals surface area contributed by atoms with Gasteiger partial charge in [0.15, 0.2) is 0 Å². The minimum absolute atomic E-state index is 0.147. The van der Waals surface area contributed by atoms with E-state index in [-0.39, 0.29) is 5.54 Å². The Morgan fingerprint density at radius 3 is 2.91 bits per heavy atom. The molecule has 0 radical (unpaired) electrons. The van der Waals surface area contributed by atoms with Gasteiger partial charge in [0.2, 0.25) is 0 Å². The fourth-order valence-electron chi connectivity index (χ4n) is 1.09. The lowest BCUT2D eigenvalue weighted by atomic mass is 10.1. The van der Waals surface area contributed by atoms with Crippen molar-refractivity contribution in [1.29, 1.82) is 0 Å². The summed E-state index contributed by atoms with van der Waals surface area (Å²) >= 11 is 0. The van der Waals surface area contributed by atoms with Crippen molar-refractivity contribution in [1.82, 2.24) is 10.5 Å². The van der Waals surface area contributed by atoms with Gasteiger partial charge in [-0.15, -0.1) is 4.91 Å². The van der Waals surface area contributed by atoms with Gasteiger partial charge in [0.1, 0.15) is 0 Å². The molecular weight excluding hydrogens is 146 g/mol. The summed E-state index contributed by atoms with van der Waals surface area (Å²) in [6.07, 6.45) is 0. The molecule has 0 aromatic heterocycles. The highest BCUT2D eigenvalue weighted by Crippen LogP contribution is 2.15. The second-order valence-electron chi connectivity index (χ2n) is 3.21. The van der Waals surface area contributed by atoms with Gasteiger partial charge in [0.05, 0.1) is 24.0 Å². The van der Waals surface area contributed by atoms with Gasteiger partial charge in [-0.25, -0.2) is 5.53 Å². The number of hydrogen-bond acceptors (Lipinski definition) is 4. The van der Waals surface area contributed by atoms with Crippen molar-refractivity contribution < 1.29 is 4.74 Å². The van der Waals surface area contributed by atoms with Gasteiger partial charge in [0, 0.05) is 6.54 Å². The van der Waals surface area contributed by atoms with Crippen LogP contribution in [0.4, 0.5) is 0 Å². The van der Waals surface area contributed by atoms with Crippen LogP contribution in [0, 0.1) is 4.91 Å². The van der Waals surface area contributed by atoms with E-state index in [1.54, 1.807) is 5.01 Å². The van der Waals surface area contributed by atoms with Gasteiger partial charge in [-0.3, -0.25) is 0 Å². The van der Waals surface area contributed by atoms with E-state index >= 15 is 0 Å². The smallest absolute Gasteiger partial charge is 0.0664 e. The Balaban J connectivity index is 2.52. The molecule has 1 heterocycles. The van der Waals surface area contributed by atoms with Crippen molar-refractivity contribution >= 4 is 0 Å². The summed E-state index contributed by atoms with van der Waals surface area (Å²) in [5, 5.41) is 4.41. The number of rotatable bonds is 2. The average molecular weight is 159 g/mol. The molecule has 0 amide bonds. The molecule has 1 rings (SSSR count). The first-order valence-electron chi connectivity index (χ1n) is 3.60. The molecule has 1 fully saturated rings. The van der Waals surface area contributed by atoms with E-state index in [0.29, 0.717) is 19.8 Å². The van der Waals surface area contributed by atoms with Gasteiger partial charge in [0.25, 0.3) is 0 Å². The topological polar surface area (TPSA) is 53.9 Å². The molecule has 0 atom stereocenters. The number of nitrogens with one attached hydrogen (secondary N) is 1. The molecule has 1 aliphatic heterocycles. The fraction of sp³-hybridized carbons (Fsp3) is 1.00. The van der Waals surface area contributed by atoms with Crippen LogP contribution in [0.3, 0.4) is 0 Å². The number of hydrazine groups is 1. The van der Waals surface area contributed by atoms with Crippen LogP contribution in [-0.2, 0) is 4.74 Å². The lowest BCUT2D eigenvalue weighted by molar-refractivity contribution is -0.0776. The number of ether oxygens (including phenoxy) is 1. The molecule has 0 aliphatic carbocycles. The molecule has 1 aliphatic rings. The third-order valence-corrected chi connectivity index (χ3v) is 1.81. The van der Waals surface area contributed by atoms with E-state index in [0.717, 1.165) is 0 Å². The largest absolute Gasteiger partial charge is 0.378 e. The standard InChI is InChI=1S/C6H13N3O2/c1-6(2)5-11-4-3-9(6)7-8-10/h3-5H2,1-2H3,(H,7,10). The van der Waals surface area contributed by atoms with Crippen LogP contribution in [0.2, 0.25) is 0 Å². The molecule has 0 aromatic carbocycles. The molecule has 1 N–H and O–H groups in total. The molecule has 0 spiro atoms. The minimum atomic E-state index is -0.147. The highest BCUT2D eigenvalue weighted by atomic mass is 16.5. The van der Waals surface area contributed by atoms with E-state index in [9.17, 15) is 4.91 Å². The summed E-state index contributed by atoms with van der Waals surface area (Å²) in [6, 6.07) is 0. The second kappa shape index (κ2) is 3.15. The first-order chi connectivity index (χ1) is 5.17. The van der Waals surface area contributed by atoms with E-state index in [4.69, 9.17) is 4.74 Å². The van der Waals surface area contributed by atoms with Crippen molar-refractivity contribution in [3.63, 3.8) is 0 Å². The van der Waals surface area contributed by atoms with Crippen molar-refractivity contribution in [3.8, 4) is 0 Å². The Morgan fingerprint density at radius 2 is 2.36 bits per heavy atom. The fourth-order valence-corrected chi connectivity index (χ4v) is 1.09. The van der Waals surface area contributed by atoms with E-state index < -0.39 is 0 Å². The van der Waals surface area contributed by atoms with Crippen LogP contribution in [0.25, 0.3) is 0 Å². The number of nitrogens with zero attached hydrogens (tertiary/aromatic N) is 2. The van der Waals surface area contributed by atoms with Crippen LogP contribution in [0.15, 0.2) is 5.29 Å². The number of nitroso groups, excluding NO2 is 1. The zero-order valence-electron chi connectivity index (χ0n) is 6.83. The van der Waals surface area contributed by atoms with E-state index in [1.165, 1.54) is 0 Å². The van der Waals surface area contributed by atoms with Crippen LogP contribution in [0.5, 0.6) is 0 Å². The normalized spacial score (nSPS) is 24.5. The zero-order chi connectivity index (χ0) is 8.32. The van der Waals surface area contributed by atoms with Crippen molar-refractivity contribution in [2.45, 2.75) is 19.4 Å². The quantitative estimate of drug-likeness (QED) is 0.464. The molecule has 11 heavy (non-hydrogen) atoms. The molecule has 0 bridgehead atoms. The van der Waals surface area contributed by atoms with Crippen molar-refractivity contribution in [2.75, 3.05) is 19.8 Å². The summed E-state index contributed by atoms with van der Waals surface area (Å²) < 4.78 is 5.24. The third kappa shape index (κ3) is 1.87. The summed E-state index contributed by atoms with van der Waals surface area (Å²) in [5.74, 6) is 0. The van der Waals surface area contributed by atoms with E-state index in [2.05, 4.69) is 10.8 Å². The first kappa shape index (κ1) is 8.42. The summed E-state index contributed by atoms with van der Waals surface area (Å²) in [5.41, 5.74) is 2.25. The molecule has 0 saturated carbocycles. The maximum atomic E-state index is 9.92. The lowest BCUT2D eigenvalue weighted by Crippen LogP contribution is -2.57. The van der Waals surface area contributed by atoms with Gasteiger partial charge in [-0.2, -0.15) is 5.01 Å². The molecule has 5 heteroatoms. The Labute approximate surface area is 65.6 Å². The minimum Gasteiger partial charge on any atom is -0.378 e. The summed E-state index contributed by atoms with van der Waals surface area (Å²) in [6.45, 7) is 5.94. The highest BCUT2D eigenvalue weighted by Gasteiger charge is 2.30. The lowest BCUT2D eigenvalue weighted by Gasteiger charge is -2.39. The molecule has 64 valence electrons. The van der Waals surface area contributed by atoms with Gasteiger partial charge < -0.3 is 4.74 Å². The van der Waals surface area contributed by atoms with E-state index in [1.807, 2.05) is 13.8 Å². The monoisotopic (exact) mass is 159 g/mol. The summed E-state index contributed by atoms with van der Waals surface area (Å²) in [4.78, 5) is 9.92. The van der Waals surface area contributed by atoms with Crippen LogP contribution >= 0.6 is 0 Å². The Morgan fingerprint density at radius 1 is 1.64 bits per heavy atom. The molecule has 5 nitrogen and oxygen atoms in total. The maximum absolute atomic E-state index is 9.92. The zero-order valence-corrected chi connectivity index (χ0v) is 6.83. The van der Waals surface area contributed by atoms with Crippen molar-refractivity contribution in [3.05, 3.63) is 4.91 Å². The second-order valence-corrected chi connectivity index (χ2v) is 3.21. The molecule has 0 aromatic rings. The van der Waals surface area contributed by atoms with Gasteiger partial charge in [-0.1, -0.05) is 0 Å². The molecule has 1 saturated heterocycles. The number of morpholine rings is 1. The SMILES string of the molecule is CC1(C)COCCN1NN=O. The summed E-state index contributed by atoms with van der Waals surface area (Å²) in [7, 11) is 0.